The summed E-state index contributed by atoms with van der Waals surface area (Å²) in [5, 5.41) is 9.79. The molecule has 0 bridgehead atoms. The number of benzene rings is 2. The summed E-state index contributed by atoms with van der Waals surface area (Å²) in [6, 6.07) is 10.1. The first kappa shape index (κ1) is 22.7. The Balaban J connectivity index is 2.57. The van der Waals surface area contributed by atoms with Gasteiger partial charge in [0.1, 0.15) is 6.04 Å². The highest BCUT2D eigenvalue weighted by atomic mass is 16.5. The molecule has 0 radical (unpaired) electrons. The van der Waals surface area contributed by atoms with Crippen LogP contribution in [0.1, 0.15) is 15.9 Å². The summed E-state index contributed by atoms with van der Waals surface area (Å²) < 4.78 is 15.8. The van der Waals surface area contributed by atoms with Crippen molar-refractivity contribution in [1.82, 2.24) is 4.90 Å². The fraction of sp³-hybridized carbons (Fsp3) is 0.286. The molecule has 0 aliphatic heterocycles. The third-order valence-electron chi connectivity index (χ3n) is 4.47. The Bertz CT molecular complexity index is 915. The average molecular weight is 416 g/mol. The van der Waals surface area contributed by atoms with E-state index in [2.05, 4.69) is 0 Å². The number of imide groups is 1. The molecule has 0 aliphatic rings. The summed E-state index contributed by atoms with van der Waals surface area (Å²) >= 11 is 0. The molecule has 0 saturated heterocycles. The number of nitrogens with two attached hydrogens (primary N) is 1. The molecule has 0 heterocycles. The van der Waals surface area contributed by atoms with E-state index in [-0.39, 0.29) is 23.5 Å². The molecule has 30 heavy (non-hydrogen) atoms. The van der Waals surface area contributed by atoms with E-state index in [1.807, 2.05) is 0 Å². The predicted molar refractivity (Wildman–Crippen MR) is 108 cm³/mol. The Hall–Kier alpha value is -3.59. The maximum absolute atomic E-state index is 13.3. The molecule has 2 rings (SSSR count). The number of carbonyl (C=O) groups excluding carboxylic acids is 2. The van der Waals surface area contributed by atoms with E-state index in [1.165, 1.54) is 33.5 Å². The van der Waals surface area contributed by atoms with E-state index < -0.39 is 30.4 Å². The van der Waals surface area contributed by atoms with Gasteiger partial charge < -0.3 is 25.1 Å². The molecule has 0 aromatic heterocycles. The molecule has 3 N–H and O–H groups in total. The molecule has 0 spiro atoms. The first-order valence-electron chi connectivity index (χ1n) is 9.01. The zero-order chi connectivity index (χ0) is 22.3. The van der Waals surface area contributed by atoms with Crippen molar-refractivity contribution in [3.8, 4) is 17.2 Å². The number of carbonyl (C=O) groups is 3. The van der Waals surface area contributed by atoms with Crippen LogP contribution in [0.5, 0.6) is 17.2 Å². The van der Waals surface area contributed by atoms with Gasteiger partial charge in [-0.1, -0.05) is 30.3 Å². The number of amides is 2. The first-order chi connectivity index (χ1) is 14.4. The molecule has 160 valence electrons. The van der Waals surface area contributed by atoms with E-state index in [1.54, 1.807) is 30.3 Å². The monoisotopic (exact) mass is 416 g/mol. The number of carboxylic acids is 1. The molecular formula is C21H24N2O7. The molecule has 0 aliphatic carbocycles. The highest BCUT2D eigenvalue weighted by molar-refractivity contribution is 6.09. The van der Waals surface area contributed by atoms with Gasteiger partial charge in [-0.2, -0.15) is 0 Å². The van der Waals surface area contributed by atoms with Gasteiger partial charge >= 0.3 is 5.97 Å². The highest BCUT2D eigenvalue weighted by Crippen LogP contribution is 2.40. The van der Waals surface area contributed by atoms with Crippen molar-refractivity contribution < 1.29 is 33.7 Å². The summed E-state index contributed by atoms with van der Waals surface area (Å²) in [6.07, 6.45) is -0.0801. The fourth-order valence-electron chi connectivity index (χ4n) is 3.05. The van der Waals surface area contributed by atoms with Crippen LogP contribution in [0.4, 0.5) is 0 Å². The smallest absolute Gasteiger partial charge is 0.327 e. The van der Waals surface area contributed by atoms with Crippen LogP contribution in [0.2, 0.25) is 0 Å². The second-order valence-corrected chi connectivity index (χ2v) is 6.20. The largest absolute Gasteiger partial charge is 0.493 e. The third-order valence-corrected chi connectivity index (χ3v) is 4.47. The lowest BCUT2D eigenvalue weighted by atomic mass is 10.0. The zero-order valence-electron chi connectivity index (χ0n) is 17.0. The van der Waals surface area contributed by atoms with Crippen LogP contribution in [0.15, 0.2) is 42.5 Å². The van der Waals surface area contributed by atoms with Crippen LogP contribution in [-0.2, 0) is 16.0 Å². The number of nitrogens with zero attached hydrogens (tertiary/aromatic N) is 1. The Kier molecular flexibility index (Phi) is 7.76. The number of carboxylic acid groups (broad SMARTS) is 1. The predicted octanol–water partition coefficient (Wildman–Crippen LogP) is 1.34. The van der Waals surface area contributed by atoms with Crippen molar-refractivity contribution in [3.63, 3.8) is 0 Å². The lowest BCUT2D eigenvalue weighted by Gasteiger charge is -2.28. The minimum atomic E-state index is -1.46. The topological polar surface area (TPSA) is 128 Å². The van der Waals surface area contributed by atoms with Gasteiger partial charge in [-0.25, -0.2) is 4.79 Å². The molecule has 0 unspecified atom stereocenters. The first-order valence-corrected chi connectivity index (χ1v) is 9.01. The van der Waals surface area contributed by atoms with Gasteiger partial charge in [-0.15, -0.1) is 0 Å². The van der Waals surface area contributed by atoms with Crippen LogP contribution in [0, 0.1) is 0 Å². The van der Waals surface area contributed by atoms with Crippen molar-refractivity contribution >= 4 is 17.8 Å². The normalized spacial score (nSPS) is 11.3. The van der Waals surface area contributed by atoms with E-state index in [4.69, 9.17) is 19.9 Å². The Morgan fingerprint density at radius 1 is 0.967 bits per heavy atom. The average Bonchev–Trinajstić information content (AvgIpc) is 2.77. The van der Waals surface area contributed by atoms with Crippen LogP contribution >= 0.6 is 0 Å². The van der Waals surface area contributed by atoms with Gasteiger partial charge in [0, 0.05) is 6.42 Å². The van der Waals surface area contributed by atoms with Crippen LogP contribution in [0.3, 0.4) is 0 Å². The minimum absolute atomic E-state index is 0.0144. The van der Waals surface area contributed by atoms with E-state index in [0.29, 0.717) is 16.2 Å². The molecule has 2 aromatic carbocycles. The summed E-state index contributed by atoms with van der Waals surface area (Å²) in [5.74, 6) is -2.58. The molecule has 2 amide bonds. The van der Waals surface area contributed by atoms with Gasteiger partial charge in [0.2, 0.25) is 11.7 Å². The van der Waals surface area contributed by atoms with Gasteiger partial charge in [0.15, 0.2) is 11.5 Å². The summed E-state index contributed by atoms with van der Waals surface area (Å²) in [6.45, 7) is -0.542. The molecule has 0 fully saturated rings. The van der Waals surface area contributed by atoms with Crippen LogP contribution in [-0.4, -0.2) is 61.7 Å². The van der Waals surface area contributed by atoms with Crippen LogP contribution in [0.25, 0.3) is 0 Å². The second-order valence-electron chi connectivity index (χ2n) is 6.20. The number of aliphatic carboxylic acids is 1. The maximum atomic E-state index is 13.3. The van der Waals surface area contributed by atoms with E-state index >= 15 is 0 Å². The minimum Gasteiger partial charge on any atom is -0.493 e. The van der Waals surface area contributed by atoms with Gasteiger partial charge in [0.25, 0.3) is 5.91 Å². The summed E-state index contributed by atoms with van der Waals surface area (Å²) in [4.78, 5) is 38.6. The highest BCUT2D eigenvalue weighted by Gasteiger charge is 2.37. The molecule has 2 aromatic rings. The van der Waals surface area contributed by atoms with Gasteiger partial charge in [-0.05, 0) is 17.7 Å². The number of rotatable bonds is 9. The maximum Gasteiger partial charge on any atom is 0.327 e. The fourth-order valence-corrected chi connectivity index (χ4v) is 3.05. The summed E-state index contributed by atoms with van der Waals surface area (Å²) in [5.41, 5.74) is 6.07. The lowest BCUT2D eigenvalue weighted by Crippen LogP contribution is -2.51. The van der Waals surface area contributed by atoms with Crippen molar-refractivity contribution in [2.75, 3.05) is 27.9 Å². The van der Waals surface area contributed by atoms with Crippen molar-refractivity contribution in [2.45, 2.75) is 12.5 Å². The third kappa shape index (κ3) is 4.69. The molecule has 1 atom stereocenters. The number of hydrogen-bond acceptors (Lipinski definition) is 7. The molecule has 9 nitrogen and oxygen atoms in total. The van der Waals surface area contributed by atoms with E-state index in [0.717, 1.165) is 0 Å². The second kappa shape index (κ2) is 10.3. The quantitative estimate of drug-likeness (QED) is 0.627. The van der Waals surface area contributed by atoms with Crippen molar-refractivity contribution in [3.05, 3.63) is 53.6 Å². The summed E-state index contributed by atoms with van der Waals surface area (Å²) in [7, 11) is 4.11. The van der Waals surface area contributed by atoms with Gasteiger partial charge in [0.05, 0.1) is 33.4 Å². The zero-order valence-corrected chi connectivity index (χ0v) is 17.0. The van der Waals surface area contributed by atoms with Crippen molar-refractivity contribution in [2.24, 2.45) is 5.73 Å². The van der Waals surface area contributed by atoms with Crippen molar-refractivity contribution in [1.29, 1.82) is 0 Å². The lowest BCUT2D eigenvalue weighted by molar-refractivity contribution is -0.147. The number of hydrogen-bond donors (Lipinski definition) is 2. The molecule has 9 heteroatoms. The Labute approximate surface area is 173 Å². The standard InChI is InChI=1S/C21H24N2O7/c1-28-16-10-9-14(18(29-2)19(16)30-3)20(25)23(17(24)12-22)15(21(26)27)11-13-7-5-4-6-8-13/h4-10,15H,11-12,22H2,1-3H3,(H,26,27)/t15-/m0/s1. The molecule has 0 saturated carbocycles. The number of methoxy groups -OCH3 is 3. The Morgan fingerprint density at radius 2 is 1.60 bits per heavy atom. The van der Waals surface area contributed by atoms with Gasteiger partial charge in [-0.3, -0.25) is 14.5 Å². The number of ether oxygens (including phenoxy) is 3. The SMILES string of the molecule is COc1ccc(C(=O)N(C(=O)CN)[C@@H](Cc2ccccc2)C(=O)O)c(OC)c1OC. The Morgan fingerprint density at radius 3 is 2.10 bits per heavy atom. The van der Waals surface area contributed by atoms with Crippen LogP contribution < -0.4 is 19.9 Å². The van der Waals surface area contributed by atoms with E-state index in [9.17, 15) is 19.5 Å². The molecular weight excluding hydrogens is 392 g/mol.